The average molecular weight is 376 g/mol. The van der Waals surface area contributed by atoms with Crippen LogP contribution in [0.5, 0.6) is 0 Å². The van der Waals surface area contributed by atoms with Crippen LogP contribution in [0.3, 0.4) is 0 Å². The summed E-state index contributed by atoms with van der Waals surface area (Å²) in [6.07, 6.45) is 0.815. The molecule has 7 heteroatoms. The third-order valence-corrected chi connectivity index (χ3v) is 5.72. The van der Waals surface area contributed by atoms with Crippen molar-refractivity contribution in [2.75, 3.05) is 5.32 Å². The van der Waals surface area contributed by atoms with E-state index >= 15 is 0 Å². The Balaban J connectivity index is 2.31. The summed E-state index contributed by atoms with van der Waals surface area (Å²) < 4.78 is 27.9. The van der Waals surface area contributed by atoms with Crippen LogP contribution in [0.1, 0.15) is 49.2 Å². The van der Waals surface area contributed by atoms with Crippen LogP contribution < -0.4 is 10.0 Å². The summed E-state index contributed by atoms with van der Waals surface area (Å²) in [5.74, 6) is -1.18. The fourth-order valence-corrected chi connectivity index (χ4v) is 3.73. The lowest BCUT2D eigenvalue weighted by atomic mass is 10.1. The molecule has 0 aromatic heterocycles. The standard InChI is InChI=1S/C19H24N2O4S/c1-4-13(2)20-18-11-10-16(12-17(18)19(22)23)26(24,25)21-14(3)15-8-6-5-7-9-15/h5-14,20-21H,4H2,1-3H3,(H,22,23). The number of carboxylic acid groups (broad SMARTS) is 1. The molecule has 2 atom stereocenters. The maximum atomic E-state index is 12.7. The molecule has 140 valence electrons. The Labute approximate surface area is 154 Å². The monoisotopic (exact) mass is 376 g/mol. The summed E-state index contributed by atoms with van der Waals surface area (Å²) in [5, 5.41) is 12.5. The van der Waals surface area contributed by atoms with E-state index in [9.17, 15) is 18.3 Å². The maximum Gasteiger partial charge on any atom is 0.337 e. The molecular weight excluding hydrogens is 352 g/mol. The molecule has 26 heavy (non-hydrogen) atoms. The fraction of sp³-hybridized carbons (Fsp3) is 0.316. The molecule has 0 heterocycles. The van der Waals surface area contributed by atoms with E-state index in [1.54, 1.807) is 6.92 Å². The van der Waals surface area contributed by atoms with Gasteiger partial charge in [0.05, 0.1) is 10.5 Å². The van der Waals surface area contributed by atoms with Gasteiger partial charge in [-0.1, -0.05) is 37.3 Å². The van der Waals surface area contributed by atoms with Crippen molar-refractivity contribution in [2.45, 2.75) is 44.2 Å². The molecule has 0 saturated carbocycles. The average Bonchev–Trinajstić information content (AvgIpc) is 2.61. The molecule has 2 aromatic carbocycles. The molecule has 2 aromatic rings. The van der Waals surface area contributed by atoms with Crippen molar-refractivity contribution in [1.29, 1.82) is 0 Å². The highest BCUT2D eigenvalue weighted by Crippen LogP contribution is 2.23. The molecule has 0 amide bonds. The fourth-order valence-electron chi connectivity index (χ4n) is 2.47. The first-order chi connectivity index (χ1) is 12.2. The van der Waals surface area contributed by atoms with Crippen molar-refractivity contribution >= 4 is 21.7 Å². The number of hydrogen-bond donors (Lipinski definition) is 3. The highest BCUT2D eigenvalue weighted by molar-refractivity contribution is 7.89. The largest absolute Gasteiger partial charge is 0.478 e. The van der Waals surface area contributed by atoms with Gasteiger partial charge in [-0.05, 0) is 44.0 Å². The molecule has 6 nitrogen and oxygen atoms in total. The molecule has 0 saturated heterocycles. The summed E-state index contributed by atoms with van der Waals surface area (Å²) in [4.78, 5) is 11.5. The summed E-state index contributed by atoms with van der Waals surface area (Å²) in [7, 11) is -3.86. The molecule has 0 fully saturated rings. The van der Waals surface area contributed by atoms with Gasteiger partial charge in [-0.2, -0.15) is 0 Å². The Bertz CT molecular complexity index is 866. The van der Waals surface area contributed by atoms with Gasteiger partial charge < -0.3 is 10.4 Å². The second-order valence-electron chi connectivity index (χ2n) is 6.22. The van der Waals surface area contributed by atoms with E-state index in [1.807, 2.05) is 44.2 Å². The van der Waals surface area contributed by atoms with Crippen LogP contribution in [-0.4, -0.2) is 25.5 Å². The summed E-state index contributed by atoms with van der Waals surface area (Å²) in [6.45, 7) is 5.65. The van der Waals surface area contributed by atoms with Crippen LogP contribution in [0.4, 0.5) is 5.69 Å². The highest BCUT2D eigenvalue weighted by atomic mass is 32.2. The Morgan fingerprint density at radius 3 is 2.35 bits per heavy atom. The zero-order valence-electron chi connectivity index (χ0n) is 15.1. The summed E-state index contributed by atoms with van der Waals surface area (Å²) in [6, 6.07) is 12.9. The zero-order chi connectivity index (χ0) is 19.3. The number of anilines is 1. The van der Waals surface area contributed by atoms with E-state index in [2.05, 4.69) is 10.0 Å². The predicted molar refractivity (Wildman–Crippen MR) is 102 cm³/mol. The maximum absolute atomic E-state index is 12.7. The van der Waals surface area contributed by atoms with Gasteiger partial charge in [0, 0.05) is 17.8 Å². The van der Waals surface area contributed by atoms with Gasteiger partial charge >= 0.3 is 5.97 Å². The molecular formula is C19H24N2O4S. The normalized spacial score (nSPS) is 13.8. The van der Waals surface area contributed by atoms with Gasteiger partial charge in [0.1, 0.15) is 0 Å². The molecule has 0 radical (unpaired) electrons. The third-order valence-electron chi connectivity index (χ3n) is 4.18. The lowest BCUT2D eigenvalue weighted by Crippen LogP contribution is -2.27. The molecule has 0 bridgehead atoms. The van der Waals surface area contributed by atoms with Crippen LogP contribution in [0, 0.1) is 0 Å². The molecule has 0 aliphatic heterocycles. The first kappa shape index (κ1) is 19.9. The van der Waals surface area contributed by atoms with Crippen LogP contribution in [0.25, 0.3) is 0 Å². The lowest BCUT2D eigenvalue weighted by Gasteiger charge is -2.18. The van der Waals surface area contributed by atoms with Crippen LogP contribution >= 0.6 is 0 Å². The van der Waals surface area contributed by atoms with Gasteiger partial charge in [0.25, 0.3) is 0 Å². The molecule has 0 aliphatic carbocycles. The smallest absolute Gasteiger partial charge is 0.337 e. The van der Waals surface area contributed by atoms with Crippen molar-refractivity contribution in [1.82, 2.24) is 4.72 Å². The van der Waals surface area contributed by atoms with Gasteiger partial charge in [-0.15, -0.1) is 0 Å². The Hall–Kier alpha value is -2.38. The van der Waals surface area contributed by atoms with Crippen LogP contribution in [0.2, 0.25) is 0 Å². The Morgan fingerprint density at radius 1 is 1.12 bits per heavy atom. The number of carbonyl (C=O) groups is 1. The van der Waals surface area contributed by atoms with Crippen molar-refractivity contribution in [2.24, 2.45) is 0 Å². The van der Waals surface area contributed by atoms with Crippen LogP contribution in [0.15, 0.2) is 53.4 Å². The van der Waals surface area contributed by atoms with Gasteiger partial charge in [-0.25, -0.2) is 17.9 Å². The number of benzene rings is 2. The second kappa shape index (κ2) is 8.33. The lowest BCUT2D eigenvalue weighted by molar-refractivity contribution is 0.0697. The number of aromatic carboxylic acids is 1. The van der Waals surface area contributed by atoms with E-state index < -0.39 is 22.0 Å². The first-order valence-corrected chi connectivity index (χ1v) is 9.94. The number of rotatable bonds is 8. The summed E-state index contributed by atoms with van der Waals surface area (Å²) in [5.41, 5.74) is 1.16. The molecule has 2 unspecified atom stereocenters. The van der Waals surface area contributed by atoms with E-state index in [4.69, 9.17) is 0 Å². The van der Waals surface area contributed by atoms with E-state index in [-0.39, 0.29) is 16.5 Å². The molecule has 2 rings (SSSR count). The molecule has 0 spiro atoms. The summed E-state index contributed by atoms with van der Waals surface area (Å²) >= 11 is 0. The Kier molecular flexibility index (Phi) is 6.39. The van der Waals surface area contributed by atoms with Gasteiger partial charge in [0.2, 0.25) is 10.0 Å². The SMILES string of the molecule is CCC(C)Nc1ccc(S(=O)(=O)NC(C)c2ccccc2)cc1C(=O)O. The molecule has 3 N–H and O–H groups in total. The first-order valence-electron chi connectivity index (χ1n) is 8.45. The second-order valence-corrected chi connectivity index (χ2v) is 7.93. The van der Waals surface area contributed by atoms with Crippen molar-refractivity contribution in [3.05, 3.63) is 59.7 Å². The third kappa shape index (κ3) is 4.83. The number of sulfonamides is 1. The zero-order valence-corrected chi connectivity index (χ0v) is 15.9. The molecule has 0 aliphatic rings. The topological polar surface area (TPSA) is 95.5 Å². The highest BCUT2D eigenvalue weighted by Gasteiger charge is 2.22. The minimum absolute atomic E-state index is 0.0689. The van der Waals surface area contributed by atoms with E-state index in [0.29, 0.717) is 5.69 Å². The van der Waals surface area contributed by atoms with E-state index in [0.717, 1.165) is 12.0 Å². The number of nitrogens with one attached hydrogen (secondary N) is 2. The van der Waals surface area contributed by atoms with E-state index in [1.165, 1.54) is 18.2 Å². The quantitative estimate of drug-likeness (QED) is 0.654. The number of carboxylic acids is 1. The minimum Gasteiger partial charge on any atom is -0.478 e. The van der Waals surface area contributed by atoms with Crippen molar-refractivity contribution in [3.8, 4) is 0 Å². The van der Waals surface area contributed by atoms with Gasteiger partial charge in [0.15, 0.2) is 0 Å². The number of hydrogen-bond acceptors (Lipinski definition) is 4. The van der Waals surface area contributed by atoms with Crippen molar-refractivity contribution < 1.29 is 18.3 Å². The predicted octanol–water partition coefficient (Wildman–Crippen LogP) is 3.63. The van der Waals surface area contributed by atoms with Crippen molar-refractivity contribution in [3.63, 3.8) is 0 Å². The van der Waals surface area contributed by atoms with Gasteiger partial charge in [-0.3, -0.25) is 0 Å². The minimum atomic E-state index is -3.86. The Morgan fingerprint density at radius 2 is 1.77 bits per heavy atom. The van der Waals surface area contributed by atoms with Crippen LogP contribution in [-0.2, 0) is 10.0 Å².